The molecule has 2 aromatic heterocycles. The molecule has 0 amide bonds. The summed E-state index contributed by atoms with van der Waals surface area (Å²) in [5.41, 5.74) is 7.51. The SMILES string of the molecule is COC(=O)c1sc(N(C)Cc2ccccn2)c(SC)c1N. The molecule has 2 aromatic rings. The van der Waals surface area contributed by atoms with Crippen LogP contribution in [0.1, 0.15) is 15.4 Å². The van der Waals surface area contributed by atoms with Crippen LogP contribution in [0.4, 0.5) is 10.7 Å². The van der Waals surface area contributed by atoms with Crippen molar-refractivity contribution in [3.8, 4) is 0 Å². The number of rotatable bonds is 5. The van der Waals surface area contributed by atoms with Crippen LogP contribution < -0.4 is 10.6 Å². The Labute approximate surface area is 132 Å². The van der Waals surface area contributed by atoms with Crippen LogP contribution in [0, 0.1) is 0 Å². The summed E-state index contributed by atoms with van der Waals surface area (Å²) in [6, 6.07) is 5.80. The maximum atomic E-state index is 11.8. The maximum Gasteiger partial charge on any atom is 0.350 e. The fourth-order valence-corrected chi connectivity index (χ4v) is 4.00. The molecule has 0 aliphatic carbocycles. The quantitative estimate of drug-likeness (QED) is 0.674. The van der Waals surface area contributed by atoms with Gasteiger partial charge in [0.15, 0.2) is 0 Å². The van der Waals surface area contributed by atoms with E-state index in [0.717, 1.165) is 15.6 Å². The average molecular weight is 323 g/mol. The van der Waals surface area contributed by atoms with Crippen molar-refractivity contribution in [2.75, 3.05) is 31.0 Å². The van der Waals surface area contributed by atoms with Gasteiger partial charge in [-0.2, -0.15) is 0 Å². The van der Waals surface area contributed by atoms with E-state index in [4.69, 9.17) is 10.5 Å². The molecule has 0 saturated heterocycles. The van der Waals surface area contributed by atoms with Gasteiger partial charge in [0.1, 0.15) is 9.88 Å². The van der Waals surface area contributed by atoms with Crippen LogP contribution in [0.25, 0.3) is 0 Å². The zero-order valence-electron chi connectivity index (χ0n) is 12.1. The molecule has 0 saturated carbocycles. The summed E-state index contributed by atoms with van der Waals surface area (Å²) in [6.45, 7) is 0.648. The molecule has 2 N–H and O–H groups in total. The summed E-state index contributed by atoms with van der Waals surface area (Å²) in [5.74, 6) is -0.398. The van der Waals surface area contributed by atoms with Crippen molar-refractivity contribution in [3.63, 3.8) is 0 Å². The van der Waals surface area contributed by atoms with E-state index in [2.05, 4.69) is 4.98 Å². The Morgan fingerprint density at radius 1 is 1.52 bits per heavy atom. The Bertz CT molecular complexity index is 629. The van der Waals surface area contributed by atoms with Crippen LogP contribution in [0.15, 0.2) is 29.3 Å². The van der Waals surface area contributed by atoms with Gasteiger partial charge in [-0.05, 0) is 18.4 Å². The number of ether oxygens (including phenoxy) is 1. The second kappa shape index (κ2) is 6.82. The van der Waals surface area contributed by atoms with Crippen molar-refractivity contribution in [2.45, 2.75) is 11.4 Å². The minimum Gasteiger partial charge on any atom is -0.465 e. The molecule has 0 unspecified atom stereocenters. The number of thiophene rings is 1. The highest BCUT2D eigenvalue weighted by molar-refractivity contribution is 7.99. The maximum absolute atomic E-state index is 11.8. The molecule has 0 bridgehead atoms. The lowest BCUT2D eigenvalue weighted by Crippen LogP contribution is -2.16. The minimum atomic E-state index is -0.398. The van der Waals surface area contributed by atoms with Crippen LogP contribution >= 0.6 is 23.1 Å². The number of esters is 1. The first-order valence-corrected chi connectivity index (χ1v) is 8.28. The zero-order chi connectivity index (χ0) is 15.4. The Balaban J connectivity index is 2.32. The van der Waals surface area contributed by atoms with E-state index in [1.807, 2.05) is 36.4 Å². The molecule has 2 rings (SSSR count). The van der Waals surface area contributed by atoms with Gasteiger partial charge in [-0.15, -0.1) is 23.1 Å². The predicted molar refractivity (Wildman–Crippen MR) is 88.2 cm³/mol. The predicted octanol–water partition coefficient (Wildman–Crippen LogP) is 2.87. The number of hydrogen-bond donors (Lipinski definition) is 1. The summed E-state index contributed by atoms with van der Waals surface area (Å²) < 4.78 is 4.78. The normalized spacial score (nSPS) is 10.4. The van der Waals surface area contributed by atoms with Gasteiger partial charge in [0.2, 0.25) is 0 Å². The van der Waals surface area contributed by atoms with Crippen molar-refractivity contribution >= 4 is 39.8 Å². The molecule has 0 fully saturated rings. The second-order valence-corrected chi connectivity index (χ2v) is 6.17. The molecule has 21 heavy (non-hydrogen) atoms. The first kappa shape index (κ1) is 15.7. The van der Waals surface area contributed by atoms with Crippen LogP contribution in [-0.2, 0) is 11.3 Å². The number of carbonyl (C=O) groups is 1. The summed E-state index contributed by atoms with van der Waals surface area (Å²) in [7, 11) is 3.32. The summed E-state index contributed by atoms with van der Waals surface area (Å²) >= 11 is 2.87. The van der Waals surface area contributed by atoms with E-state index in [-0.39, 0.29) is 0 Å². The second-order valence-electron chi connectivity index (χ2n) is 4.35. The molecular formula is C14H17N3O2S2. The first-order chi connectivity index (χ1) is 10.1. The van der Waals surface area contributed by atoms with Gasteiger partial charge in [-0.1, -0.05) is 6.07 Å². The van der Waals surface area contributed by atoms with Gasteiger partial charge < -0.3 is 15.4 Å². The van der Waals surface area contributed by atoms with Crippen LogP contribution in [-0.4, -0.2) is 31.4 Å². The van der Waals surface area contributed by atoms with Gasteiger partial charge in [0, 0.05) is 13.2 Å². The molecule has 0 spiro atoms. The highest BCUT2D eigenvalue weighted by atomic mass is 32.2. The monoisotopic (exact) mass is 323 g/mol. The van der Waals surface area contributed by atoms with Gasteiger partial charge in [-0.3, -0.25) is 4.98 Å². The number of anilines is 2. The largest absolute Gasteiger partial charge is 0.465 e. The molecule has 0 aliphatic rings. The van der Waals surface area contributed by atoms with E-state index in [0.29, 0.717) is 17.1 Å². The number of pyridine rings is 1. The Hall–Kier alpha value is -1.73. The van der Waals surface area contributed by atoms with Gasteiger partial charge in [-0.25, -0.2) is 4.79 Å². The lowest BCUT2D eigenvalue weighted by molar-refractivity contribution is 0.0607. The molecule has 0 radical (unpaired) electrons. The van der Waals surface area contributed by atoms with Crippen LogP contribution in [0.5, 0.6) is 0 Å². The Kier molecular flexibility index (Phi) is 5.08. The third-order valence-corrected chi connectivity index (χ3v) is 5.18. The number of carbonyl (C=O) groups excluding carboxylic acids is 1. The summed E-state index contributed by atoms with van der Waals surface area (Å²) in [4.78, 5) is 19.5. The number of nitrogens with zero attached hydrogens (tertiary/aromatic N) is 2. The lowest BCUT2D eigenvalue weighted by atomic mass is 10.3. The lowest BCUT2D eigenvalue weighted by Gasteiger charge is -2.18. The van der Waals surface area contributed by atoms with Crippen molar-refractivity contribution in [3.05, 3.63) is 35.0 Å². The number of methoxy groups -OCH3 is 1. The van der Waals surface area contributed by atoms with E-state index in [1.165, 1.54) is 30.2 Å². The van der Waals surface area contributed by atoms with Gasteiger partial charge in [0.05, 0.1) is 29.9 Å². The number of nitrogen functional groups attached to an aromatic ring is 1. The van der Waals surface area contributed by atoms with Gasteiger partial charge >= 0.3 is 5.97 Å². The topological polar surface area (TPSA) is 68.5 Å². The molecule has 0 atom stereocenters. The third-order valence-electron chi connectivity index (χ3n) is 2.93. The molecule has 0 aliphatic heterocycles. The fraction of sp³-hybridized carbons (Fsp3) is 0.286. The van der Waals surface area contributed by atoms with E-state index >= 15 is 0 Å². The van der Waals surface area contributed by atoms with Gasteiger partial charge in [0.25, 0.3) is 0 Å². The number of hydrogen-bond acceptors (Lipinski definition) is 7. The van der Waals surface area contributed by atoms with E-state index < -0.39 is 5.97 Å². The van der Waals surface area contributed by atoms with Crippen molar-refractivity contribution in [1.82, 2.24) is 4.98 Å². The highest BCUT2D eigenvalue weighted by Gasteiger charge is 2.23. The molecule has 2 heterocycles. The standard InChI is InChI=1S/C14H17N3O2S2/c1-17(8-9-6-4-5-7-16-9)13-11(20-3)10(15)12(21-13)14(18)19-2/h4-7H,8,15H2,1-3H3. The number of thioether (sulfide) groups is 1. The molecule has 5 nitrogen and oxygen atoms in total. The Morgan fingerprint density at radius 3 is 2.86 bits per heavy atom. The van der Waals surface area contributed by atoms with Crippen molar-refractivity contribution in [2.24, 2.45) is 0 Å². The number of aromatic nitrogens is 1. The summed E-state index contributed by atoms with van der Waals surface area (Å²) in [6.07, 6.45) is 3.71. The molecule has 112 valence electrons. The Morgan fingerprint density at radius 2 is 2.29 bits per heavy atom. The highest BCUT2D eigenvalue weighted by Crippen LogP contribution is 2.43. The average Bonchev–Trinajstić information content (AvgIpc) is 2.84. The van der Waals surface area contributed by atoms with E-state index in [1.54, 1.807) is 6.20 Å². The van der Waals surface area contributed by atoms with Crippen molar-refractivity contribution < 1.29 is 9.53 Å². The first-order valence-electron chi connectivity index (χ1n) is 6.24. The van der Waals surface area contributed by atoms with E-state index in [9.17, 15) is 4.79 Å². The molecule has 7 heteroatoms. The van der Waals surface area contributed by atoms with Crippen LogP contribution in [0.2, 0.25) is 0 Å². The van der Waals surface area contributed by atoms with Crippen LogP contribution in [0.3, 0.4) is 0 Å². The third kappa shape index (κ3) is 3.30. The zero-order valence-corrected chi connectivity index (χ0v) is 13.8. The molecule has 0 aromatic carbocycles. The smallest absolute Gasteiger partial charge is 0.350 e. The fourth-order valence-electron chi connectivity index (χ4n) is 1.92. The molecular weight excluding hydrogens is 306 g/mol. The minimum absolute atomic E-state index is 0.398. The number of nitrogens with two attached hydrogens (primary N) is 1. The summed E-state index contributed by atoms with van der Waals surface area (Å²) in [5, 5.41) is 0.950. The van der Waals surface area contributed by atoms with Crippen molar-refractivity contribution in [1.29, 1.82) is 0 Å².